The number of amides is 1. The number of hydrazone groups is 1. The molecule has 1 aliphatic heterocycles. The van der Waals surface area contributed by atoms with Crippen LogP contribution in [0.5, 0.6) is 0 Å². The largest absolute Gasteiger partial charge is 0.466 e. The van der Waals surface area contributed by atoms with E-state index in [0.717, 1.165) is 32.0 Å². The van der Waals surface area contributed by atoms with E-state index in [0.29, 0.717) is 17.1 Å². The molecular weight excluding hydrogens is 330 g/mol. The van der Waals surface area contributed by atoms with E-state index in [1.807, 2.05) is 32.0 Å². The molecule has 0 bridgehead atoms. The third kappa shape index (κ3) is 4.20. The Morgan fingerprint density at radius 2 is 1.88 bits per heavy atom. The van der Waals surface area contributed by atoms with Crippen molar-refractivity contribution in [1.29, 1.82) is 0 Å². The molecule has 1 atom stereocenters. The number of carbonyl (C=O) groups is 1. The number of nitrogens with zero attached hydrogens (tertiary/aromatic N) is 1. The Hall–Kier alpha value is -2.44. The molecule has 2 aromatic rings. The quantitative estimate of drug-likeness (QED) is 0.632. The molecule has 1 aliphatic rings. The van der Waals surface area contributed by atoms with Gasteiger partial charge in [-0.05, 0) is 26.8 Å². The predicted octanol–water partition coefficient (Wildman–Crippen LogP) is 1.66. The van der Waals surface area contributed by atoms with E-state index in [2.05, 4.69) is 22.7 Å². The van der Waals surface area contributed by atoms with E-state index in [9.17, 15) is 4.79 Å². The molecule has 3 rings (SSSR count). The molecule has 2 heterocycles. The molecule has 0 aliphatic carbocycles. The SMILES string of the molecule is C/C(=N/NC(=O)c1cc(C)oc1C)[C@@H](c1ccccc1)[NH+]1CCOCC1. The molecule has 26 heavy (non-hydrogen) atoms. The molecule has 2 N–H and O–H groups in total. The van der Waals surface area contributed by atoms with Gasteiger partial charge >= 0.3 is 0 Å². The van der Waals surface area contributed by atoms with Gasteiger partial charge in [-0.2, -0.15) is 5.10 Å². The summed E-state index contributed by atoms with van der Waals surface area (Å²) in [7, 11) is 0. The average Bonchev–Trinajstić information content (AvgIpc) is 3.00. The van der Waals surface area contributed by atoms with Gasteiger partial charge in [-0.25, -0.2) is 5.43 Å². The highest BCUT2D eigenvalue weighted by Gasteiger charge is 2.29. The maximum Gasteiger partial charge on any atom is 0.274 e. The molecule has 0 radical (unpaired) electrons. The monoisotopic (exact) mass is 356 g/mol. The van der Waals surface area contributed by atoms with Crippen LogP contribution in [-0.4, -0.2) is 37.9 Å². The topological polar surface area (TPSA) is 68.3 Å². The summed E-state index contributed by atoms with van der Waals surface area (Å²) in [6.45, 7) is 8.89. The highest BCUT2D eigenvalue weighted by molar-refractivity contribution is 5.96. The van der Waals surface area contributed by atoms with Crippen LogP contribution in [0, 0.1) is 13.8 Å². The Morgan fingerprint density at radius 3 is 2.50 bits per heavy atom. The van der Waals surface area contributed by atoms with Gasteiger partial charge < -0.3 is 14.1 Å². The summed E-state index contributed by atoms with van der Waals surface area (Å²) in [5.41, 5.74) is 5.27. The van der Waals surface area contributed by atoms with Gasteiger partial charge in [0.15, 0.2) is 6.04 Å². The summed E-state index contributed by atoms with van der Waals surface area (Å²) in [5.74, 6) is 1.07. The number of hydrogen-bond donors (Lipinski definition) is 2. The van der Waals surface area contributed by atoms with Gasteiger partial charge in [0.25, 0.3) is 5.91 Å². The number of quaternary nitrogens is 1. The number of rotatable bonds is 5. The minimum absolute atomic E-state index is 0.0904. The number of furan rings is 1. The van der Waals surface area contributed by atoms with Crippen LogP contribution in [0.2, 0.25) is 0 Å². The summed E-state index contributed by atoms with van der Waals surface area (Å²) < 4.78 is 10.9. The molecule has 1 amide bonds. The second-order valence-corrected chi connectivity index (χ2v) is 6.64. The van der Waals surface area contributed by atoms with E-state index < -0.39 is 0 Å². The number of benzene rings is 1. The number of ether oxygens (including phenoxy) is 1. The minimum atomic E-state index is -0.248. The van der Waals surface area contributed by atoms with Gasteiger partial charge in [0, 0.05) is 5.56 Å². The fourth-order valence-corrected chi connectivity index (χ4v) is 3.46. The molecule has 1 saturated heterocycles. The Kier molecular flexibility index (Phi) is 5.85. The normalized spacial score (nSPS) is 17.1. The van der Waals surface area contributed by atoms with Crippen molar-refractivity contribution in [3.05, 3.63) is 59.0 Å². The second kappa shape index (κ2) is 8.29. The van der Waals surface area contributed by atoms with E-state index in [-0.39, 0.29) is 11.9 Å². The van der Waals surface area contributed by atoms with Crippen molar-refractivity contribution in [2.24, 2.45) is 5.10 Å². The van der Waals surface area contributed by atoms with Crippen molar-refractivity contribution in [2.75, 3.05) is 26.3 Å². The van der Waals surface area contributed by atoms with Crippen molar-refractivity contribution in [3.8, 4) is 0 Å². The highest BCUT2D eigenvalue weighted by Crippen LogP contribution is 2.14. The van der Waals surface area contributed by atoms with Crippen molar-refractivity contribution in [2.45, 2.75) is 26.8 Å². The van der Waals surface area contributed by atoms with Gasteiger partial charge in [0.1, 0.15) is 24.6 Å². The Balaban J connectivity index is 1.80. The predicted molar refractivity (Wildman–Crippen MR) is 99.5 cm³/mol. The summed E-state index contributed by atoms with van der Waals surface area (Å²) in [6.07, 6.45) is 0. The fourth-order valence-electron chi connectivity index (χ4n) is 3.46. The number of nitrogens with one attached hydrogen (secondary N) is 2. The zero-order chi connectivity index (χ0) is 18.5. The van der Waals surface area contributed by atoms with Crippen LogP contribution >= 0.6 is 0 Å². The van der Waals surface area contributed by atoms with Crippen LogP contribution in [0.25, 0.3) is 0 Å². The molecule has 138 valence electrons. The summed E-state index contributed by atoms with van der Waals surface area (Å²) in [5, 5.41) is 4.42. The molecule has 1 aromatic heterocycles. The number of carbonyl (C=O) groups excluding carboxylic acids is 1. The molecule has 1 fully saturated rings. The molecule has 6 heteroatoms. The molecule has 0 unspecified atom stereocenters. The van der Waals surface area contributed by atoms with Gasteiger partial charge in [-0.3, -0.25) is 4.79 Å². The van der Waals surface area contributed by atoms with Crippen molar-refractivity contribution in [1.82, 2.24) is 5.43 Å². The van der Waals surface area contributed by atoms with E-state index in [1.54, 1.807) is 13.0 Å². The van der Waals surface area contributed by atoms with Crippen molar-refractivity contribution in [3.63, 3.8) is 0 Å². The minimum Gasteiger partial charge on any atom is -0.466 e. The van der Waals surface area contributed by atoms with Crippen molar-refractivity contribution < 1.29 is 18.8 Å². The summed E-state index contributed by atoms with van der Waals surface area (Å²) in [6, 6.07) is 12.1. The van der Waals surface area contributed by atoms with Crippen LogP contribution in [0.4, 0.5) is 0 Å². The first-order valence-electron chi connectivity index (χ1n) is 8.95. The Labute approximate surface area is 153 Å². The highest BCUT2D eigenvalue weighted by atomic mass is 16.5. The third-order valence-electron chi connectivity index (χ3n) is 4.71. The van der Waals surface area contributed by atoms with Crippen LogP contribution < -0.4 is 10.3 Å². The first-order valence-corrected chi connectivity index (χ1v) is 8.95. The number of morpholine rings is 1. The van der Waals surface area contributed by atoms with Gasteiger partial charge in [-0.1, -0.05) is 30.3 Å². The van der Waals surface area contributed by atoms with Crippen LogP contribution in [0.15, 0.2) is 45.9 Å². The maximum atomic E-state index is 12.4. The number of aryl methyl sites for hydroxylation is 2. The van der Waals surface area contributed by atoms with Crippen molar-refractivity contribution >= 4 is 11.6 Å². The smallest absolute Gasteiger partial charge is 0.274 e. The second-order valence-electron chi connectivity index (χ2n) is 6.64. The lowest BCUT2D eigenvalue weighted by Gasteiger charge is -2.31. The molecule has 6 nitrogen and oxygen atoms in total. The van der Waals surface area contributed by atoms with Gasteiger partial charge in [0.05, 0.1) is 24.5 Å². The summed E-state index contributed by atoms with van der Waals surface area (Å²) in [4.78, 5) is 13.8. The van der Waals surface area contributed by atoms with Gasteiger partial charge in [-0.15, -0.1) is 0 Å². The number of hydrogen-bond acceptors (Lipinski definition) is 4. The maximum absolute atomic E-state index is 12.4. The third-order valence-corrected chi connectivity index (χ3v) is 4.71. The average molecular weight is 356 g/mol. The standard InChI is InChI=1S/C20H25N3O3/c1-14-13-18(16(3)26-14)20(24)22-21-15(2)19(17-7-5-4-6-8-17)23-9-11-25-12-10-23/h4-8,13,19H,9-12H2,1-3H3,(H,22,24)/p+1/b21-15-/t19-/m0/s1. The molecule has 1 aromatic carbocycles. The lowest BCUT2D eigenvalue weighted by Crippen LogP contribution is -3.15. The van der Waals surface area contributed by atoms with E-state index in [4.69, 9.17) is 9.15 Å². The van der Waals surface area contributed by atoms with E-state index >= 15 is 0 Å². The fraction of sp³-hybridized carbons (Fsp3) is 0.400. The lowest BCUT2D eigenvalue weighted by molar-refractivity contribution is -0.928. The van der Waals surface area contributed by atoms with Crippen LogP contribution in [-0.2, 0) is 4.74 Å². The Bertz CT molecular complexity index is 777. The van der Waals surface area contributed by atoms with E-state index in [1.165, 1.54) is 10.5 Å². The van der Waals surface area contributed by atoms with Crippen LogP contribution in [0.1, 0.15) is 40.4 Å². The zero-order valence-electron chi connectivity index (χ0n) is 15.5. The first kappa shape index (κ1) is 18.4. The lowest BCUT2D eigenvalue weighted by atomic mass is 10.0. The Morgan fingerprint density at radius 1 is 1.19 bits per heavy atom. The molecule has 0 saturated carbocycles. The first-order chi connectivity index (χ1) is 12.6. The molecular formula is C20H26N3O3+. The van der Waals surface area contributed by atoms with Gasteiger partial charge in [0.2, 0.25) is 0 Å². The van der Waals surface area contributed by atoms with Crippen LogP contribution in [0.3, 0.4) is 0 Å². The summed E-state index contributed by atoms with van der Waals surface area (Å²) >= 11 is 0. The molecule has 0 spiro atoms. The zero-order valence-corrected chi connectivity index (χ0v) is 15.5.